The molecular formula is C24H31N9O2S. The van der Waals surface area contributed by atoms with Crippen LogP contribution in [-0.2, 0) is 0 Å². The summed E-state index contributed by atoms with van der Waals surface area (Å²) in [6, 6.07) is 9.78. The predicted molar refractivity (Wildman–Crippen MR) is 137 cm³/mol. The smallest absolute Gasteiger partial charge is 0.191 e. The van der Waals surface area contributed by atoms with Gasteiger partial charge in [0.1, 0.15) is 11.9 Å². The lowest BCUT2D eigenvalue weighted by Gasteiger charge is -2.17. The summed E-state index contributed by atoms with van der Waals surface area (Å²) < 4.78 is 1.62. The number of aromatic nitrogens is 8. The Hall–Kier alpha value is -3.09. The standard InChI is InChI=1S/C24H31N9O2S/c1-4-10-36-24-27-22(25-12-13(2)15-8-6-5-7-9-15)18-23(28-24)33(32-30-18)17-11-16(19(34)20(17)35)21-26-14(3)29-31-21/h5-9,13,16-17,19-20,34-35H,4,10-12H2,1-3H3,(H,25,27,28)(H,26,29,31)/t13?,16-,17+,19+,20-/m0/s1. The maximum atomic E-state index is 10.9. The summed E-state index contributed by atoms with van der Waals surface area (Å²) in [5, 5.41) is 41.5. The van der Waals surface area contributed by atoms with Crippen LogP contribution in [0, 0.1) is 6.92 Å². The van der Waals surface area contributed by atoms with Gasteiger partial charge in [-0.2, -0.15) is 5.10 Å². The van der Waals surface area contributed by atoms with Gasteiger partial charge in [0, 0.05) is 12.3 Å². The average Bonchev–Trinajstić information content (AvgIpc) is 3.59. The second-order valence-corrected chi connectivity index (χ2v) is 10.3. The predicted octanol–water partition coefficient (Wildman–Crippen LogP) is 2.82. The molecule has 4 N–H and O–H groups in total. The van der Waals surface area contributed by atoms with E-state index >= 15 is 0 Å². The van der Waals surface area contributed by atoms with E-state index in [1.807, 2.05) is 18.2 Å². The lowest BCUT2D eigenvalue weighted by atomic mass is 10.0. The van der Waals surface area contributed by atoms with Crippen LogP contribution in [0.1, 0.15) is 61.8 Å². The number of aliphatic hydroxyl groups is 2. The topological polar surface area (TPSA) is 151 Å². The van der Waals surface area contributed by atoms with Crippen molar-refractivity contribution < 1.29 is 10.2 Å². The number of fused-ring (bicyclic) bond motifs is 1. The van der Waals surface area contributed by atoms with E-state index in [1.54, 1.807) is 23.4 Å². The minimum atomic E-state index is -1.06. The van der Waals surface area contributed by atoms with Gasteiger partial charge in [0.05, 0.1) is 18.1 Å². The quantitative estimate of drug-likeness (QED) is 0.196. The van der Waals surface area contributed by atoms with Crippen molar-refractivity contribution in [1.82, 2.24) is 40.1 Å². The first-order valence-electron chi connectivity index (χ1n) is 12.3. The molecule has 0 amide bonds. The molecule has 3 heterocycles. The van der Waals surface area contributed by atoms with Crippen molar-refractivity contribution in [2.75, 3.05) is 17.6 Å². The summed E-state index contributed by atoms with van der Waals surface area (Å²) in [4.78, 5) is 13.8. The molecule has 1 saturated carbocycles. The summed E-state index contributed by atoms with van der Waals surface area (Å²) in [5.74, 6) is 2.47. The monoisotopic (exact) mass is 509 g/mol. The Labute approximate surface area is 213 Å². The van der Waals surface area contributed by atoms with Crippen molar-refractivity contribution in [3.8, 4) is 0 Å². The van der Waals surface area contributed by atoms with E-state index < -0.39 is 24.2 Å². The van der Waals surface area contributed by atoms with Crippen LogP contribution in [0.4, 0.5) is 5.82 Å². The van der Waals surface area contributed by atoms with Crippen LogP contribution in [0.15, 0.2) is 35.5 Å². The summed E-state index contributed by atoms with van der Waals surface area (Å²) in [5.41, 5.74) is 2.30. The van der Waals surface area contributed by atoms with Gasteiger partial charge in [-0.3, -0.25) is 5.10 Å². The fourth-order valence-corrected chi connectivity index (χ4v) is 5.29. The van der Waals surface area contributed by atoms with Crippen molar-refractivity contribution in [2.45, 2.75) is 68.9 Å². The fraction of sp³-hybridized carbons (Fsp3) is 0.500. The van der Waals surface area contributed by atoms with Crippen LogP contribution in [-0.4, -0.2) is 74.9 Å². The third-order valence-corrected chi connectivity index (χ3v) is 7.65. The van der Waals surface area contributed by atoms with Gasteiger partial charge in [-0.1, -0.05) is 61.2 Å². The van der Waals surface area contributed by atoms with Gasteiger partial charge in [0.25, 0.3) is 0 Å². The number of nitrogens with one attached hydrogen (secondary N) is 2. The number of H-pyrrole nitrogens is 1. The number of benzene rings is 1. The van der Waals surface area contributed by atoms with Gasteiger partial charge >= 0.3 is 0 Å². The first-order chi connectivity index (χ1) is 17.5. The SMILES string of the molecule is CCCSc1nc(NCC(C)c2ccccc2)c2nnn([C@@H]3C[C@H](c4n[nH]c(C)n4)[C@@H](O)[C@H]3O)c2n1. The lowest BCUT2D eigenvalue weighted by molar-refractivity contribution is 0.0146. The zero-order valence-electron chi connectivity index (χ0n) is 20.5. The number of anilines is 1. The number of nitrogens with zero attached hydrogens (tertiary/aromatic N) is 7. The molecular weight excluding hydrogens is 478 g/mol. The first kappa shape index (κ1) is 24.6. The van der Waals surface area contributed by atoms with Crippen molar-refractivity contribution in [3.05, 3.63) is 47.5 Å². The largest absolute Gasteiger partial charge is 0.390 e. The minimum absolute atomic E-state index is 0.260. The molecule has 0 radical (unpaired) electrons. The molecule has 1 unspecified atom stereocenters. The maximum absolute atomic E-state index is 10.9. The van der Waals surface area contributed by atoms with Gasteiger partial charge in [0.15, 0.2) is 28.0 Å². The van der Waals surface area contributed by atoms with Crippen molar-refractivity contribution in [1.29, 1.82) is 0 Å². The summed E-state index contributed by atoms with van der Waals surface area (Å²) in [6.07, 6.45) is -0.685. The molecule has 1 aliphatic rings. The van der Waals surface area contributed by atoms with E-state index in [9.17, 15) is 10.2 Å². The summed E-state index contributed by atoms with van der Waals surface area (Å²) in [6.45, 7) is 6.74. The Bertz CT molecular complexity index is 1310. The molecule has 1 aliphatic carbocycles. The molecule has 0 aliphatic heterocycles. The van der Waals surface area contributed by atoms with Gasteiger partial charge in [0.2, 0.25) is 0 Å². The van der Waals surface area contributed by atoms with Crippen molar-refractivity contribution >= 4 is 28.7 Å². The maximum Gasteiger partial charge on any atom is 0.191 e. The Morgan fingerprint density at radius 3 is 2.69 bits per heavy atom. The molecule has 5 rings (SSSR count). The summed E-state index contributed by atoms with van der Waals surface area (Å²) in [7, 11) is 0. The highest BCUT2D eigenvalue weighted by Gasteiger charge is 2.46. The third-order valence-electron chi connectivity index (χ3n) is 6.59. The number of thioether (sulfide) groups is 1. The lowest BCUT2D eigenvalue weighted by Crippen LogP contribution is -2.29. The molecule has 0 saturated heterocycles. The van der Waals surface area contributed by atoms with E-state index in [2.05, 4.69) is 56.8 Å². The van der Waals surface area contributed by atoms with E-state index in [1.165, 1.54) is 5.56 Å². The number of aliphatic hydroxyl groups excluding tert-OH is 2. The van der Waals surface area contributed by atoms with Gasteiger partial charge in [-0.05, 0) is 31.2 Å². The highest BCUT2D eigenvalue weighted by Crippen LogP contribution is 2.41. The fourth-order valence-electron chi connectivity index (χ4n) is 4.60. The molecule has 5 atom stereocenters. The molecule has 12 heteroatoms. The van der Waals surface area contributed by atoms with Gasteiger partial charge in [-0.15, -0.1) is 5.10 Å². The molecule has 0 bridgehead atoms. The average molecular weight is 510 g/mol. The van der Waals surface area contributed by atoms with E-state index in [0.717, 1.165) is 12.2 Å². The van der Waals surface area contributed by atoms with Crippen molar-refractivity contribution in [3.63, 3.8) is 0 Å². The number of rotatable bonds is 9. The molecule has 1 aromatic carbocycles. The van der Waals surface area contributed by atoms with E-state index in [4.69, 9.17) is 9.97 Å². The molecule has 11 nitrogen and oxygen atoms in total. The second kappa shape index (κ2) is 10.5. The summed E-state index contributed by atoms with van der Waals surface area (Å²) >= 11 is 1.57. The molecule has 190 valence electrons. The zero-order chi connectivity index (χ0) is 25.2. The van der Waals surface area contributed by atoms with Crippen LogP contribution in [0.25, 0.3) is 11.2 Å². The van der Waals surface area contributed by atoms with Gasteiger partial charge < -0.3 is 15.5 Å². The highest BCUT2D eigenvalue weighted by molar-refractivity contribution is 7.99. The van der Waals surface area contributed by atoms with Crippen LogP contribution in [0.5, 0.6) is 0 Å². The van der Waals surface area contributed by atoms with E-state index in [-0.39, 0.29) is 5.92 Å². The van der Waals surface area contributed by atoms with Gasteiger partial charge in [-0.25, -0.2) is 19.6 Å². The van der Waals surface area contributed by atoms with Crippen LogP contribution >= 0.6 is 11.8 Å². The number of aromatic amines is 1. The Morgan fingerprint density at radius 2 is 1.97 bits per heavy atom. The highest BCUT2D eigenvalue weighted by atomic mass is 32.2. The Kier molecular flexibility index (Phi) is 7.17. The third kappa shape index (κ3) is 4.80. The molecule has 4 aromatic rings. The van der Waals surface area contributed by atoms with Crippen LogP contribution < -0.4 is 5.32 Å². The molecule has 36 heavy (non-hydrogen) atoms. The number of aryl methyl sites for hydroxylation is 1. The van der Waals surface area contributed by atoms with Crippen LogP contribution in [0.3, 0.4) is 0 Å². The first-order valence-corrected chi connectivity index (χ1v) is 13.2. The molecule has 0 spiro atoms. The number of hydrogen-bond donors (Lipinski definition) is 4. The normalized spacial score (nSPS) is 22.8. The minimum Gasteiger partial charge on any atom is -0.390 e. The zero-order valence-corrected chi connectivity index (χ0v) is 21.4. The Morgan fingerprint density at radius 1 is 1.17 bits per heavy atom. The Balaban J connectivity index is 1.45. The second-order valence-electron chi connectivity index (χ2n) is 9.27. The number of hydrogen-bond acceptors (Lipinski definition) is 10. The molecule has 1 fully saturated rings. The van der Waals surface area contributed by atoms with Crippen LogP contribution in [0.2, 0.25) is 0 Å². The van der Waals surface area contributed by atoms with E-state index in [0.29, 0.717) is 46.8 Å². The van der Waals surface area contributed by atoms with Crippen molar-refractivity contribution in [2.24, 2.45) is 0 Å². The molecule has 3 aromatic heterocycles.